The van der Waals surface area contributed by atoms with Gasteiger partial charge in [-0.3, -0.25) is 4.79 Å². The van der Waals surface area contributed by atoms with Crippen molar-refractivity contribution in [1.82, 2.24) is 0 Å². The van der Waals surface area contributed by atoms with E-state index < -0.39 is 0 Å². The molecule has 2 aromatic rings. The number of phenolic OH excluding ortho intramolecular Hbond substituents is 2. The van der Waals surface area contributed by atoms with Gasteiger partial charge in [-0.25, -0.2) is 0 Å². The quantitative estimate of drug-likeness (QED) is 0.905. The molecule has 0 saturated heterocycles. The molecular weight excluding hydrogens is 308 g/mol. The van der Waals surface area contributed by atoms with Crippen LogP contribution in [-0.4, -0.2) is 29.7 Å². The van der Waals surface area contributed by atoms with E-state index in [-0.39, 0.29) is 41.1 Å². The Kier molecular flexibility index (Phi) is 4.09. The number of benzene rings is 2. The lowest BCUT2D eigenvalue weighted by Gasteiger charge is -2.27. The lowest BCUT2D eigenvalue weighted by molar-refractivity contribution is 0.0824. The highest BCUT2D eigenvalue weighted by molar-refractivity contribution is 6.05. The molecule has 5 nitrogen and oxygen atoms in total. The number of hydrogen-bond acceptors (Lipinski definition) is 5. The molecule has 1 atom stereocenters. The van der Waals surface area contributed by atoms with Crippen molar-refractivity contribution in [2.24, 2.45) is 5.92 Å². The Hall–Kier alpha value is -2.69. The molecule has 0 aromatic heterocycles. The second-order valence-electron chi connectivity index (χ2n) is 6.08. The molecule has 1 heterocycles. The van der Waals surface area contributed by atoms with Crippen LogP contribution in [0.3, 0.4) is 0 Å². The van der Waals surface area contributed by atoms with Crippen molar-refractivity contribution < 1.29 is 24.5 Å². The number of carbonyl (C=O) groups excluding carboxylic acids is 1. The van der Waals surface area contributed by atoms with Crippen LogP contribution in [0.4, 0.5) is 0 Å². The molecule has 5 heteroatoms. The Labute approximate surface area is 140 Å². The van der Waals surface area contributed by atoms with E-state index in [4.69, 9.17) is 9.47 Å². The zero-order valence-corrected chi connectivity index (χ0v) is 13.9. The smallest absolute Gasteiger partial charge is 0.177 e. The highest BCUT2D eigenvalue weighted by atomic mass is 16.5. The molecule has 0 amide bonds. The van der Waals surface area contributed by atoms with Gasteiger partial charge in [0.1, 0.15) is 28.6 Å². The maximum Gasteiger partial charge on any atom is 0.177 e. The predicted molar refractivity (Wildman–Crippen MR) is 89.3 cm³/mol. The highest BCUT2D eigenvalue weighted by Gasteiger charge is 2.34. The van der Waals surface area contributed by atoms with E-state index in [1.807, 2.05) is 24.3 Å². The third-order valence-electron chi connectivity index (χ3n) is 4.56. The van der Waals surface area contributed by atoms with Gasteiger partial charge in [0.05, 0.1) is 19.6 Å². The lowest BCUT2D eigenvalue weighted by atomic mass is 9.87. The molecular formula is C19H20O5. The first kappa shape index (κ1) is 16.2. The molecule has 24 heavy (non-hydrogen) atoms. The largest absolute Gasteiger partial charge is 0.507 e. The summed E-state index contributed by atoms with van der Waals surface area (Å²) in [7, 11) is 1.60. The summed E-state index contributed by atoms with van der Waals surface area (Å²) < 4.78 is 10.8. The van der Waals surface area contributed by atoms with Gasteiger partial charge in [0.25, 0.3) is 0 Å². The van der Waals surface area contributed by atoms with E-state index in [9.17, 15) is 15.0 Å². The fraction of sp³-hybridized carbons (Fsp3) is 0.316. The second-order valence-corrected chi connectivity index (χ2v) is 6.08. The van der Waals surface area contributed by atoms with Gasteiger partial charge >= 0.3 is 0 Å². The van der Waals surface area contributed by atoms with Gasteiger partial charge in [0, 0.05) is 11.1 Å². The van der Waals surface area contributed by atoms with Crippen LogP contribution in [-0.2, 0) is 6.42 Å². The molecule has 0 saturated carbocycles. The van der Waals surface area contributed by atoms with Gasteiger partial charge in [-0.1, -0.05) is 12.1 Å². The normalized spacial score (nSPS) is 16.5. The van der Waals surface area contributed by atoms with Crippen LogP contribution in [0, 0.1) is 19.8 Å². The summed E-state index contributed by atoms with van der Waals surface area (Å²) in [6, 6.07) is 7.52. The van der Waals surface area contributed by atoms with Crippen LogP contribution in [0.5, 0.6) is 23.0 Å². The molecule has 0 spiro atoms. The molecule has 0 fully saturated rings. The maximum absolute atomic E-state index is 12.8. The number of phenols is 2. The van der Waals surface area contributed by atoms with E-state index in [1.165, 1.54) is 0 Å². The molecule has 2 N–H and O–H groups in total. The summed E-state index contributed by atoms with van der Waals surface area (Å²) in [6.07, 6.45) is 0.515. The average Bonchev–Trinajstić information content (AvgIpc) is 2.60. The highest BCUT2D eigenvalue weighted by Crippen LogP contribution is 2.44. The zero-order valence-electron chi connectivity index (χ0n) is 13.9. The number of carbonyl (C=O) groups is 1. The van der Waals surface area contributed by atoms with Crippen molar-refractivity contribution in [3.8, 4) is 23.0 Å². The predicted octanol–water partition coefficient (Wildman–Crippen LogP) is 3.16. The number of Topliss-reactive ketones (excluding diaryl/α,β-unsaturated/α-hetero) is 1. The third kappa shape index (κ3) is 2.56. The summed E-state index contributed by atoms with van der Waals surface area (Å²) in [5.41, 5.74) is 1.95. The molecule has 126 valence electrons. The van der Waals surface area contributed by atoms with Gasteiger partial charge in [0.15, 0.2) is 5.78 Å². The van der Waals surface area contributed by atoms with Crippen molar-refractivity contribution >= 4 is 5.78 Å². The van der Waals surface area contributed by atoms with Crippen molar-refractivity contribution in [2.45, 2.75) is 20.3 Å². The summed E-state index contributed by atoms with van der Waals surface area (Å²) in [5.74, 6) is 0.280. The van der Waals surface area contributed by atoms with E-state index >= 15 is 0 Å². The number of hydrogen-bond donors (Lipinski definition) is 2. The Morgan fingerprint density at radius 1 is 1.12 bits per heavy atom. The number of methoxy groups -OCH3 is 1. The Morgan fingerprint density at radius 2 is 1.79 bits per heavy atom. The van der Waals surface area contributed by atoms with Gasteiger partial charge < -0.3 is 19.7 Å². The van der Waals surface area contributed by atoms with Crippen molar-refractivity contribution in [3.05, 3.63) is 46.5 Å². The minimum atomic E-state index is -0.375. The van der Waals surface area contributed by atoms with Crippen LogP contribution in [0.2, 0.25) is 0 Å². The maximum atomic E-state index is 12.8. The van der Waals surface area contributed by atoms with E-state index in [0.717, 1.165) is 11.3 Å². The van der Waals surface area contributed by atoms with E-state index in [0.29, 0.717) is 17.5 Å². The van der Waals surface area contributed by atoms with Gasteiger partial charge in [-0.15, -0.1) is 0 Å². The van der Waals surface area contributed by atoms with Gasteiger partial charge in [-0.2, -0.15) is 0 Å². The molecule has 0 bridgehead atoms. The standard InChI is InChI=1S/C19H20O5/c1-10-16(20)11(2)19-15(17(10)21)18(22)13(9-24-19)8-12-4-6-14(23-3)7-5-12/h4-7,13,20-21H,8-9H2,1-3H3. The molecule has 2 aromatic carbocycles. The summed E-state index contributed by atoms with van der Waals surface area (Å²) >= 11 is 0. The Morgan fingerprint density at radius 3 is 2.42 bits per heavy atom. The minimum Gasteiger partial charge on any atom is -0.507 e. The monoisotopic (exact) mass is 328 g/mol. The molecule has 1 aliphatic heterocycles. The van der Waals surface area contributed by atoms with Crippen LogP contribution in [0.15, 0.2) is 24.3 Å². The van der Waals surface area contributed by atoms with Gasteiger partial charge in [-0.05, 0) is 38.0 Å². The molecule has 1 unspecified atom stereocenters. The zero-order chi connectivity index (χ0) is 17.4. The molecule has 3 rings (SSSR count). The average molecular weight is 328 g/mol. The number of aromatic hydroxyl groups is 2. The van der Waals surface area contributed by atoms with E-state index in [1.54, 1.807) is 21.0 Å². The molecule has 0 radical (unpaired) electrons. The Balaban J connectivity index is 1.92. The number of rotatable bonds is 3. The fourth-order valence-electron chi connectivity index (χ4n) is 3.05. The SMILES string of the molecule is COc1ccc(CC2COc3c(C)c(O)c(C)c(O)c3C2=O)cc1. The lowest BCUT2D eigenvalue weighted by Crippen LogP contribution is -2.30. The van der Waals surface area contributed by atoms with Crippen molar-refractivity contribution in [1.29, 1.82) is 0 Å². The van der Waals surface area contributed by atoms with Crippen LogP contribution in [0.1, 0.15) is 27.0 Å². The first-order chi connectivity index (χ1) is 11.4. The van der Waals surface area contributed by atoms with E-state index in [2.05, 4.69) is 0 Å². The van der Waals surface area contributed by atoms with Crippen molar-refractivity contribution in [2.75, 3.05) is 13.7 Å². The van der Waals surface area contributed by atoms with Crippen LogP contribution < -0.4 is 9.47 Å². The second kappa shape index (κ2) is 6.07. The first-order valence-corrected chi connectivity index (χ1v) is 7.79. The first-order valence-electron chi connectivity index (χ1n) is 7.79. The van der Waals surface area contributed by atoms with Crippen LogP contribution in [0.25, 0.3) is 0 Å². The summed E-state index contributed by atoms with van der Waals surface area (Å²) in [5, 5.41) is 20.3. The number of ketones is 1. The third-order valence-corrected chi connectivity index (χ3v) is 4.56. The van der Waals surface area contributed by atoms with Gasteiger partial charge in [0.2, 0.25) is 0 Å². The fourth-order valence-corrected chi connectivity index (χ4v) is 3.05. The summed E-state index contributed by atoms with van der Waals surface area (Å²) in [6.45, 7) is 3.48. The summed E-state index contributed by atoms with van der Waals surface area (Å²) in [4.78, 5) is 12.8. The number of ether oxygens (including phenoxy) is 2. The topological polar surface area (TPSA) is 76.0 Å². The molecule has 0 aliphatic carbocycles. The van der Waals surface area contributed by atoms with Crippen molar-refractivity contribution in [3.63, 3.8) is 0 Å². The number of fused-ring (bicyclic) bond motifs is 1. The van der Waals surface area contributed by atoms with Crippen LogP contribution >= 0.6 is 0 Å². The Bertz CT molecular complexity index is 793. The molecule has 1 aliphatic rings. The minimum absolute atomic E-state index is 0.0346.